The summed E-state index contributed by atoms with van der Waals surface area (Å²) in [6, 6.07) is 0. The molecule has 60 valence electrons. The Hall–Kier alpha value is -0.540. The average molecular weight is 143 g/mol. The second kappa shape index (κ2) is 4.30. The Bertz CT molecular complexity index is 107. The first kappa shape index (κ1) is 9.46. The SMILES string of the molecule is CC.CC1(C)C=CNNN1. The van der Waals surface area contributed by atoms with Gasteiger partial charge in [0.05, 0.1) is 0 Å². The number of hydrogen-bond acceptors (Lipinski definition) is 3. The topological polar surface area (TPSA) is 36.1 Å². The molecule has 0 aromatic rings. The first-order valence-electron chi connectivity index (χ1n) is 3.66. The Balaban J connectivity index is 0.000000371. The van der Waals surface area contributed by atoms with Gasteiger partial charge in [-0.3, -0.25) is 0 Å². The summed E-state index contributed by atoms with van der Waals surface area (Å²) in [6.45, 7) is 8.16. The summed E-state index contributed by atoms with van der Waals surface area (Å²) in [6.07, 6.45) is 3.92. The van der Waals surface area contributed by atoms with Gasteiger partial charge in [0.15, 0.2) is 0 Å². The zero-order valence-corrected chi connectivity index (χ0v) is 7.15. The second-order valence-corrected chi connectivity index (χ2v) is 2.45. The lowest BCUT2D eigenvalue weighted by atomic mass is 10.1. The van der Waals surface area contributed by atoms with Crippen molar-refractivity contribution >= 4 is 0 Å². The highest BCUT2D eigenvalue weighted by Crippen LogP contribution is 2.02. The summed E-state index contributed by atoms with van der Waals surface area (Å²) >= 11 is 0. The number of nitrogens with one attached hydrogen (secondary N) is 3. The molecule has 1 aliphatic rings. The first-order valence-corrected chi connectivity index (χ1v) is 3.66. The molecule has 0 amide bonds. The minimum atomic E-state index is 0.0747. The van der Waals surface area contributed by atoms with E-state index in [0.29, 0.717) is 0 Å². The Morgan fingerprint density at radius 3 is 2.00 bits per heavy atom. The first-order chi connectivity index (χ1) is 4.71. The van der Waals surface area contributed by atoms with Crippen molar-refractivity contribution in [1.29, 1.82) is 0 Å². The molecule has 0 saturated heterocycles. The number of rotatable bonds is 0. The Labute approximate surface area is 62.8 Å². The van der Waals surface area contributed by atoms with E-state index in [1.807, 2.05) is 26.1 Å². The van der Waals surface area contributed by atoms with Gasteiger partial charge in [-0.2, -0.15) is 5.53 Å². The molecule has 0 aliphatic carbocycles. The van der Waals surface area contributed by atoms with Crippen LogP contribution in [0.25, 0.3) is 0 Å². The lowest BCUT2D eigenvalue weighted by Gasteiger charge is -2.26. The largest absolute Gasteiger partial charge is 0.316 e. The molecular formula is C7H17N3. The van der Waals surface area contributed by atoms with Gasteiger partial charge in [0.1, 0.15) is 0 Å². The predicted octanol–water partition coefficient (Wildman–Crippen LogP) is 0.917. The maximum absolute atomic E-state index is 3.01. The van der Waals surface area contributed by atoms with Crippen LogP contribution in [-0.4, -0.2) is 5.54 Å². The summed E-state index contributed by atoms with van der Waals surface area (Å²) in [5.41, 5.74) is 8.67. The van der Waals surface area contributed by atoms with E-state index in [0.717, 1.165) is 0 Å². The molecule has 0 saturated carbocycles. The van der Waals surface area contributed by atoms with E-state index in [1.165, 1.54) is 0 Å². The van der Waals surface area contributed by atoms with Crippen LogP contribution in [0.15, 0.2) is 12.3 Å². The molecule has 0 radical (unpaired) electrons. The molecule has 0 unspecified atom stereocenters. The highest BCUT2D eigenvalue weighted by Gasteiger charge is 2.13. The molecule has 0 bridgehead atoms. The predicted molar refractivity (Wildman–Crippen MR) is 44.0 cm³/mol. The van der Waals surface area contributed by atoms with E-state index < -0.39 is 0 Å². The molecule has 3 N–H and O–H groups in total. The van der Waals surface area contributed by atoms with E-state index in [1.54, 1.807) is 0 Å². The molecule has 10 heavy (non-hydrogen) atoms. The van der Waals surface area contributed by atoms with Crippen LogP contribution < -0.4 is 16.4 Å². The highest BCUT2D eigenvalue weighted by atomic mass is 15.6. The van der Waals surface area contributed by atoms with Crippen LogP contribution in [0.4, 0.5) is 0 Å². The van der Waals surface area contributed by atoms with Crippen LogP contribution in [0, 0.1) is 0 Å². The van der Waals surface area contributed by atoms with Crippen molar-refractivity contribution in [1.82, 2.24) is 16.4 Å². The van der Waals surface area contributed by atoms with Gasteiger partial charge in [-0.05, 0) is 19.9 Å². The fourth-order valence-electron chi connectivity index (χ4n) is 0.531. The van der Waals surface area contributed by atoms with Crippen LogP contribution >= 0.6 is 0 Å². The molecule has 1 rings (SSSR count). The van der Waals surface area contributed by atoms with Gasteiger partial charge < -0.3 is 5.43 Å². The molecule has 1 aliphatic heterocycles. The van der Waals surface area contributed by atoms with Crippen molar-refractivity contribution in [2.24, 2.45) is 0 Å². The van der Waals surface area contributed by atoms with Gasteiger partial charge in [-0.15, -0.1) is 0 Å². The monoisotopic (exact) mass is 143 g/mol. The zero-order chi connectivity index (χ0) is 8.04. The van der Waals surface area contributed by atoms with Crippen molar-refractivity contribution in [3.05, 3.63) is 12.3 Å². The molecule has 0 aromatic heterocycles. The zero-order valence-electron chi connectivity index (χ0n) is 7.15. The minimum absolute atomic E-state index is 0.0747. The molecule has 0 fully saturated rings. The van der Waals surface area contributed by atoms with Crippen molar-refractivity contribution < 1.29 is 0 Å². The van der Waals surface area contributed by atoms with Crippen molar-refractivity contribution in [2.75, 3.05) is 0 Å². The van der Waals surface area contributed by atoms with E-state index in [9.17, 15) is 0 Å². The van der Waals surface area contributed by atoms with Crippen LogP contribution in [0.5, 0.6) is 0 Å². The summed E-state index contributed by atoms with van der Waals surface area (Å²) < 4.78 is 0. The van der Waals surface area contributed by atoms with Crippen molar-refractivity contribution in [3.8, 4) is 0 Å². The summed E-state index contributed by atoms with van der Waals surface area (Å²) in [5, 5.41) is 0. The highest BCUT2D eigenvalue weighted by molar-refractivity contribution is 5.00. The molecule has 1 heterocycles. The third-order valence-corrected chi connectivity index (χ3v) is 1.04. The third-order valence-electron chi connectivity index (χ3n) is 1.04. The molecule has 0 spiro atoms. The maximum atomic E-state index is 3.01. The van der Waals surface area contributed by atoms with Crippen LogP contribution in [-0.2, 0) is 0 Å². The van der Waals surface area contributed by atoms with E-state index >= 15 is 0 Å². The van der Waals surface area contributed by atoms with Gasteiger partial charge in [0.25, 0.3) is 0 Å². The van der Waals surface area contributed by atoms with E-state index in [-0.39, 0.29) is 5.54 Å². The van der Waals surface area contributed by atoms with Crippen molar-refractivity contribution in [3.63, 3.8) is 0 Å². The van der Waals surface area contributed by atoms with Gasteiger partial charge >= 0.3 is 0 Å². The van der Waals surface area contributed by atoms with Gasteiger partial charge in [-0.1, -0.05) is 13.8 Å². The summed E-state index contributed by atoms with van der Waals surface area (Å²) in [5.74, 6) is 0. The van der Waals surface area contributed by atoms with E-state index in [2.05, 4.69) is 30.2 Å². The van der Waals surface area contributed by atoms with Crippen LogP contribution in [0.3, 0.4) is 0 Å². The molecule has 3 heteroatoms. The Morgan fingerprint density at radius 2 is 1.80 bits per heavy atom. The standard InChI is InChI=1S/C5H11N3.C2H6/c1-5(2)3-4-6-8-7-5;1-2/h3-4,6-8H,1-2H3;1-2H3. The summed E-state index contributed by atoms with van der Waals surface area (Å²) in [4.78, 5) is 0. The number of hydrazine groups is 2. The fourth-order valence-corrected chi connectivity index (χ4v) is 0.531. The van der Waals surface area contributed by atoms with E-state index in [4.69, 9.17) is 0 Å². The molecule has 0 aromatic carbocycles. The van der Waals surface area contributed by atoms with Gasteiger partial charge in [0.2, 0.25) is 0 Å². The fraction of sp³-hybridized carbons (Fsp3) is 0.714. The second-order valence-electron chi connectivity index (χ2n) is 2.45. The normalized spacial score (nSPS) is 20.4. The summed E-state index contributed by atoms with van der Waals surface area (Å²) in [7, 11) is 0. The van der Waals surface area contributed by atoms with Crippen LogP contribution in [0.2, 0.25) is 0 Å². The smallest absolute Gasteiger partial charge is 0.0481 e. The van der Waals surface area contributed by atoms with Crippen molar-refractivity contribution in [2.45, 2.75) is 33.2 Å². The minimum Gasteiger partial charge on any atom is -0.316 e. The van der Waals surface area contributed by atoms with Gasteiger partial charge in [-0.25, -0.2) is 5.43 Å². The molecule has 3 nitrogen and oxygen atoms in total. The lowest BCUT2D eigenvalue weighted by Crippen LogP contribution is -2.54. The molecular weight excluding hydrogens is 126 g/mol. The third kappa shape index (κ3) is 3.48. The molecule has 0 atom stereocenters. The Morgan fingerprint density at radius 1 is 1.20 bits per heavy atom. The van der Waals surface area contributed by atoms with Gasteiger partial charge in [0, 0.05) is 11.7 Å². The number of hydrogen-bond donors (Lipinski definition) is 3. The maximum Gasteiger partial charge on any atom is 0.0481 e. The lowest BCUT2D eigenvalue weighted by molar-refractivity contribution is 0.345. The average Bonchev–Trinajstić information content (AvgIpc) is 1.92. The van der Waals surface area contributed by atoms with Crippen LogP contribution in [0.1, 0.15) is 27.7 Å². The quantitative estimate of drug-likeness (QED) is 0.472. The Kier molecular flexibility index (Phi) is 4.07.